The number of hydrogen-bond acceptors (Lipinski definition) is 3. The summed E-state index contributed by atoms with van der Waals surface area (Å²) in [5, 5.41) is 0. The van der Waals surface area contributed by atoms with Crippen molar-refractivity contribution < 1.29 is 22.3 Å². The molecule has 2 N–H and O–H groups in total. The number of unbranched alkanes of at least 4 members (excludes halogenated alkanes) is 2. The molecule has 0 aliphatic carbocycles. The molecule has 19 heavy (non-hydrogen) atoms. The molecular formula is C9H28O5Si5. The summed E-state index contributed by atoms with van der Waals surface area (Å²) in [6, 6.07) is 0. The molecule has 0 aromatic rings. The molecule has 0 rings (SSSR count). The lowest BCUT2D eigenvalue weighted by Crippen LogP contribution is -2.41. The Bertz CT molecular complexity index is 257. The maximum Gasteiger partial charge on any atom is 0.761 e. The van der Waals surface area contributed by atoms with Crippen molar-refractivity contribution in [2.45, 2.75) is 45.8 Å². The Labute approximate surface area is 126 Å². The van der Waals surface area contributed by atoms with Gasteiger partial charge in [-0.15, -0.1) is 0 Å². The van der Waals surface area contributed by atoms with Gasteiger partial charge < -0.3 is 17.8 Å². The van der Waals surface area contributed by atoms with Gasteiger partial charge in [-0.2, -0.15) is 0 Å². The number of hydrogen-bond donors (Lipinski definition) is 2. The average molecular weight is 357 g/mol. The average Bonchev–Trinajstić information content (AvgIpc) is 2.32. The molecule has 0 bridgehead atoms. The lowest BCUT2D eigenvalue weighted by molar-refractivity contribution is 0.330. The highest BCUT2D eigenvalue weighted by Gasteiger charge is 2.21. The lowest BCUT2D eigenvalue weighted by Gasteiger charge is -2.21. The summed E-state index contributed by atoms with van der Waals surface area (Å²) in [7, 11) is -4.96. The molecule has 114 valence electrons. The van der Waals surface area contributed by atoms with Crippen LogP contribution in [0.1, 0.15) is 26.2 Å². The smallest absolute Gasteiger partial charge is 0.511 e. The van der Waals surface area contributed by atoms with Gasteiger partial charge >= 0.3 is 9.17 Å². The van der Waals surface area contributed by atoms with E-state index in [-0.39, 0.29) is 9.28 Å². The van der Waals surface area contributed by atoms with E-state index in [9.17, 15) is 0 Å². The second-order valence-electron chi connectivity index (χ2n) is 4.83. The molecule has 0 saturated heterocycles. The molecule has 1 atom stereocenters. The molecule has 0 heterocycles. The topological polar surface area (TPSA) is 76.0 Å². The fourth-order valence-electron chi connectivity index (χ4n) is 1.06. The molecule has 5 nitrogen and oxygen atoms in total. The zero-order valence-corrected chi connectivity index (χ0v) is 19.2. The van der Waals surface area contributed by atoms with Gasteiger partial charge in [-0.05, 0) is 26.1 Å². The molecule has 0 aromatic carbocycles. The molecule has 0 saturated carbocycles. The van der Waals surface area contributed by atoms with Crippen LogP contribution in [0.3, 0.4) is 0 Å². The van der Waals surface area contributed by atoms with Gasteiger partial charge in [0, 0.05) is 0 Å². The van der Waals surface area contributed by atoms with Crippen molar-refractivity contribution in [3.63, 3.8) is 0 Å². The first kappa shape index (κ1) is 21.4. The highest BCUT2D eigenvalue weighted by molar-refractivity contribution is 7.19. The van der Waals surface area contributed by atoms with Crippen molar-refractivity contribution in [1.29, 1.82) is 0 Å². The zero-order valence-electron chi connectivity index (χ0n) is 12.7. The minimum absolute atomic E-state index is 0.386. The van der Waals surface area contributed by atoms with Gasteiger partial charge in [-0.3, -0.25) is 4.46 Å². The van der Waals surface area contributed by atoms with E-state index in [1.807, 2.05) is 0 Å². The Morgan fingerprint density at radius 2 is 2.00 bits per heavy atom. The molecule has 10 heteroatoms. The van der Waals surface area contributed by atoms with Crippen molar-refractivity contribution in [1.82, 2.24) is 0 Å². The van der Waals surface area contributed by atoms with Crippen LogP contribution in [0.2, 0.25) is 19.6 Å². The van der Waals surface area contributed by atoms with Gasteiger partial charge in [0.15, 0.2) is 26.2 Å². The van der Waals surface area contributed by atoms with Crippen LogP contribution in [0.15, 0.2) is 11.8 Å². The van der Waals surface area contributed by atoms with Gasteiger partial charge in [-0.1, -0.05) is 31.5 Å². The van der Waals surface area contributed by atoms with E-state index in [1.54, 1.807) is 0 Å². The molecule has 1 unspecified atom stereocenters. The molecule has 0 aromatic heterocycles. The molecular weight excluding hydrogens is 329 g/mol. The van der Waals surface area contributed by atoms with E-state index in [4.69, 9.17) is 22.3 Å². The van der Waals surface area contributed by atoms with Gasteiger partial charge in [-0.25, -0.2) is 0 Å². The molecule has 0 aliphatic rings. The molecule has 0 aliphatic heterocycles. The minimum atomic E-state index is -3.13. The zero-order chi connectivity index (χ0) is 15.3. The quantitative estimate of drug-likeness (QED) is 0.436. The maximum atomic E-state index is 8.74. The van der Waals surface area contributed by atoms with Crippen molar-refractivity contribution in [3.8, 4) is 0 Å². The van der Waals surface area contributed by atoms with E-state index in [0.717, 1.165) is 10.5 Å². The fourth-order valence-corrected chi connectivity index (χ4v) is 12.2. The predicted octanol–water partition coefficient (Wildman–Crippen LogP) is -0.889. The van der Waals surface area contributed by atoms with E-state index in [0.29, 0.717) is 0 Å². The molecule has 0 spiro atoms. The Hall–Kier alpha value is 0.144. The normalized spacial score (nSPS) is 13.7. The van der Waals surface area contributed by atoms with Gasteiger partial charge in [0.25, 0.3) is 0 Å². The van der Waals surface area contributed by atoms with Crippen LogP contribution in [0, 0.1) is 0 Å². The van der Waals surface area contributed by atoms with Crippen LogP contribution >= 0.6 is 0 Å². The van der Waals surface area contributed by atoms with Gasteiger partial charge in [0.1, 0.15) is 10.5 Å². The first-order chi connectivity index (χ1) is 8.75. The Morgan fingerprint density at radius 1 is 1.47 bits per heavy atom. The summed E-state index contributed by atoms with van der Waals surface area (Å²) in [6.07, 6.45) is 6.12. The van der Waals surface area contributed by atoms with Crippen LogP contribution < -0.4 is 0 Å². The third-order valence-corrected chi connectivity index (χ3v) is 17.3. The maximum absolute atomic E-state index is 8.74. The Balaban J connectivity index is 0. The monoisotopic (exact) mass is 356 g/mol. The largest absolute Gasteiger partial charge is 0.761 e. The van der Waals surface area contributed by atoms with Gasteiger partial charge in [0.2, 0.25) is 0 Å². The minimum Gasteiger partial charge on any atom is -0.511 e. The lowest BCUT2D eigenvalue weighted by atomic mass is 10.2. The van der Waals surface area contributed by atoms with Crippen LogP contribution in [-0.4, -0.2) is 55.4 Å². The van der Waals surface area contributed by atoms with Crippen molar-refractivity contribution in [3.05, 3.63) is 11.8 Å². The van der Waals surface area contributed by atoms with E-state index < -0.39 is 26.0 Å². The Kier molecular flexibility index (Phi) is 14.8. The third kappa shape index (κ3) is 20.6. The number of allylic oxidation sites excluding steroid dienone is 1. The Morgan fingerprint density at radius 3 is 2.42 bits per heavy atom. The number of rotatable bonds is 8. The SMILES string of the molecule is CCCCC=C[SiH](C)O[SiH2][Si](C)(C)O[SiH3].O=[Si](O)O. The summed E-state index contributed by atoms with van der Waals surface area (Å²) < 4.78 is 20.4. The second-order valence-corrected chi connectivity index (χ2v) is 19.9. The van der Waals surface area contributed by atoms with Crippen LogP contribution in [0.25, 0.3) is 0 Å². The van der Waals surface area contributed by atoms with Gasteiger partial charge in [0.05, 0.1) is 0 Å². The van der Waals surface area contributed by atoms with Crippen LogP contribution in [-0.2, 0) is 12.7 Å². The van der Waals surface area contributed by atoms with E-state index >= 15 is 0 Å². The summed E-state index contributed by atoms with van der Waals surface area (Å²) in [4.78, 5) is 14.3. The van der Waals surface area contributed by atoms with E-state index in [2.05, 4.69) is 38.3 Å². The first-order valence-corrected chi connectivity index (χ1v) is 16.7. The van der Waals surface area contributed by atoms with Crippen molar-refractivity contribution in [2.24, 2.45) is 0 Å². The second kappa shape index (κ2) is 13.1. The third-order valence-electron chi connectivity index (χ3n) is 2.38. The highest BCUT2D eigenvalue weighted by Crippen LogP contribution is 2.02. The summed E-state index contributed by atoms with van der Waals surface area (Å²) >= 11 is 0. The van der Waals surface area contributed by atoms with E-state index in [1.165, 1.54) is 19.3 Å². The highest BCUT2D eigenvalue weighted by atomic mass is 29.2. The summed E-state index contributed by atoms with van der Waals surface area (Å²) in [5.74, 6) is 0. The standard InChI is InChI=1S/C9H26O2Si4.H2O3Si/c1-5-6-7-8-9-14(2)11-13-15(3,4)10-12;1-4(2)3/h8-9,14H,5-7,13H2,1-4,12H3;1-2H. The fraction of sp³-hybridized carbons (Fsp3) is 0.778. The molecule has 0 fully saturated rings. The van der Waals surface area contributed by atoms with Crippen LogP contribution in [0.4, 0.5) is 0 Å². The van der Waals surface area contributed by atoms with Crippen LogP contribution in [0.5, 0.6) is 0 Å². The summed E-state index contributed by atoms with van der Waals surface area (Å²) in [5.41, 5.74) is 2.33. The summed E-state index contributed by atoms with van der Waals surface area (Å²) in [6.45, 7) is 9.07. The van der Waals surface area contributed by atoms with Crippen molar-refractivity contribution >= 4 is 45.8 Å². The molecule has 0 amide bonds. The first-order valence-electron chi connectivity index (χ1n) is 6.50. The molecule has 0 radical (unpaired) electrons. The van der Waals surface area contributed by atoms with Crippen molar-refractivity contribution in [2.75, 3.05) is 0 Å². The predicted molar refractivity (Wildman–Crippen MR) is 90.7 cm³/mol.